The molecule has 0 bridgehead atoms. The summed E-state index contributed by atoms with van der Waals surface area (Å²) < 4.78 is 0. The summed E-state index contributed by atoms with van der Waals surface area (Å²) in [6.45, 7) is 3.23. The lowest BCUT2D eigenvalue weighted by Crippen LogP contribution is -2.14. The summed E-state index contributed by atoms with van der Waals surface area (Å²) in [5.41, 5.74) is 6.57. The molecule has 92 valence electrons. The largest absolute Gasteiger partial charge is 0.341 e. The van der Waals surface area contributed by atoms with E-state index in [9.17, 15) is 0 Å². The van der Waals surface area contributed by atoms with Crippen molar-refractivity contribution in [2.75, 3.05) is 11.4 Å². The van der Waals surface area contributed by atoms with Gasteiger partial charge in [-0.25, -0.2) is 0 Å². The predicted molar refractivity (Wildman–Crippen MR) is 77.9 cm³/mol. The normalized spacial score (nSPS) is 13.8. The highest BCUT2D eigenvalue weighted by molar-refractivity contribution is 6.17. The van der Waals surface area contributed by atoms with Crippen molar-refractivity contribution >= 4 is 23.0 Å². The Morgan fingerprint density at radius 1 is 1.11 bits per heavy atom. The van der Waals surface area contributed by atoms with Gasteiger partial charge in [-0.05, 0) is 42.2 Å². The maximum absolute atomic E-state index is 5.88. The van der Waals surface area contributed by atoms with Crippen LogP contribution in [0, 0.1) is 6.92 Å². The standard InChI is InChI=1S/C16H16ClN/c1-12-10-13(11-17)6-7-15(12)18-9-8-14-4-2-3-5-16(14)18/h2-7,10H,8-9,11H2,1H3. The number of fused-ring (bicyclic) bond motifs is 1. The zero-order valence-corrected chi connectivity index (χ0v) is 11.2. The average molecular weight is 258 g/mol. The molecule has 2 heteroatoms. The van der Waals surface area contributed by atoms with E-state index < -0.39 is 0 Å². The first-order valence-electron chi connectivity index (χ1n) is 6.30. The predicted octanol–water partition coefficient (Wildman–Crippen LogP) is 4.43. The fraction of sp³-hybridized carbons (Fsp3) is 0.250. The third-order valence-electron chi connectivity index (χ3n) is 3.59. The molecule has 0 aliphatic carbocycles. The Labute approximate surface area is 113 Å². The number of halogens is 1. The lowest BCUT2D eigenvalue weighted by Gasteiger charge is -2.22. The summed E-state index contributed by atoms with van der Waals surface area (Å²) in [7, 11) is 0. The van der Waals surface area contributed by atoms with Crippen LogP contribution >= 0.6 is 11.6 Å². The van der Waals surface area contributed by atoms with E-state index in [0.29, 0.717) is 5.88 Å². The summed E-state index contributed by atoms with van der Waals surface area (Å²) in [4.78, 5) is 2.41. The van der Waals surface area contributed by atoms with Crippen LogP contribution in [0.2, 0.25) is 0 Å². The third-order valence-corrected chi connectivity index (χ3v) is 3.90. The maximum Gasteiger partial charge on any atom is 0.0474 e. The SMILES string of the molecule is Cc1cc(CCl)ccc1N1CCc2ccccc21. The molecule has 0 atom stereocenters. The first-order chi connectivity index (χ1) is 8.79. The highest BCUT2D eigenvalue weighted by atomic mass is 35.5. The molecule has 0 saturated heterocycles. The molecule has 1 nitrogen and oxygen atoms in total. The Morgan fingerprint density at radius 3 is 2.72 bits per heavy atom. The van der Waals surface area contributed by atoms with E-state index >= 15 is 0 Å². The second-order valence-electron chi connectivity index (χ2n) is 4.78. The van der Waals surface area contributed by atoms with Crippen molar-refractivity contribution in [3.05, 3.63) is 59.2 Å². The number of rotatable bonds is 2. The second kappa shape index (κ2) is 4.66. The van der Waals surface area contributed by atoms with E-state index in [4.69, 9.17) is 11.6 Å². The lowest BCUT2D eigenvalue weighted by atomic mass is 10.1. The molecule has 2 aromatic carbocycles. The van der Waals surface area contributed by atoms with E-state index in [0.717, 1.165) is 13.0 Å². The molecule has 18 heavy (non-hydrogen) atoms. The summed E-state index contributed by atoms with van der Waals surface area (Å²) in [6, 6.07) is 15.1. The molecular formula is C16H16ClN. The number of alkyl halides is 1. The van der Waals surface area contributed by atoms with Crippen LogP contribution in [-0.2, 0) is 12.3 Å². The van der Waals surface area contributed by atoms with Gasteiger partial charge in [-0.15, -0.1) is 11.6 Å². The van der Waals surface area contributed by atoms with Crippen molar-refractivity contribution in [1.82, 2.24) is 0 Å². The maximum atomic E-state index is 5.88. The van der Waals surface area contributed by atoms with Crippen LogP contribution in [0.3, 0.4) is 0 Å². The molecular weight excluding hydrogens is 242 g/mol. The van der Waals surface area contributed by atoms with Gasteiger partial charge in [0.15, 0.2) is 0 Å². The van der Waals surface area contributed by atoms with Gasteiger partial charge < -0.3 is 4.90 Å². The van der Waals surface area contributed by atoms with Gasteiger partial charge in [0.05, 0.1) is 0 Å². The van der Waals surface area contributed by atoms with Crippen molar-refractivity contribution in [2.24, 2.45) is 0 Å². The van der Waals surface area contributed by atoms with E-state index in [2.05, 4.69) is 54.3 Å². The monoisotopic (exact) mass is 257 g/mol. The van der Waals surface area contributed by atoms with Gasteiger partial charge in [-0.1, -0.05) is 30.3 Å². The first kappa shape index (κ1) is 11.6. The van der Waals surface area contributed by atoms with Crippen molar-refractivity contribution in [3.63, 3.8) is 0 Å². The zero-order chi connectivity index (χ0) is 12.5. The number of hydrogen-bond acceptors (Lipinski definition) is 1. The number of para-hydroxylation sites is 1. The average Bonchev–Trinajstić information content (AvgIpc) is 2.82. The molecule has 0 amide bonds. The topological polar surface area (TPSA) is 3.24 Å². The smallest absolute Gasteiger partial charge is 0.0474 e. The minimum atomic E-state index is 0.581. The van der Waals surface area contributed by atoms with Crippen molar-refractivity contribution in [2.45, 2.75) is 19.2 Å². The summed E-state index contributed by atoms with van der Waals surface area (Å²) in [5.74, 6) is 0.581. The van der Waals surface area contributed by atoms with Crippen molar-refractivity contribution < 1.29 is 0 Å². The number of nitrogens with zero attached hydrogens (tertiary/aromatic N) is 1. The van der Waals surface area contributed by atoms with Gasteiger partial charge in [0.2, 0.25) is 0 Å². The van der Waals surface area contributed by atoms with Gasteiger partial charge in [0.25, 0.3) is 0 Å². The quantitative estimate of drug-likeness (QED) is 0.720. The van der Waals surface area contributed by atoms with Crippen molar-refractivity contribution in [3.8, 4) is 0 Å². The summed E-state index contributed by atoms with van der Waals surface area (Å²) in [6.07, 6.45) is 1.13. The number of hydrogen-bond donors (Lipinski definition) is 0. The molecule has 0 aromatic heterocycles. The highest BCUT2D eigenvalue weighted by Gasteiger charge is 2.20. The van der Waals surface area contributed by atoms with Crippen LogP contribution in [0.5, 0.6) is 0 Å². The first-order valence-corrected chi connectivity index (χ1v) is 6.84. The molecule has 2 aromatic rings. The third kappa shape index (κ3) is 1.89. The van der Waals surface area contributed by atoms with Gasteiger partial charge >= 0.3 is 0 Å². The molecule has 0 N–H and O–H groups in total. The van der Waals surface area contributed by atoms with Crippen LogP contribution in [0.1, 0.15) is 16.7 Å². The Bertz CT molecular complexity index is 577. The molecule has 0 saturated carbocycles. The number of benzene rings is 2. The fourth-order valence-corrected chi connectivity index (χ4v) is 2.86. The van der Waals surface area contributed by atoms with Crippen molar-refractivity contribution in [1.29, 1.82) is 0 Å². The Morgan fingerprint density at radius 2 is 1.94 bits per heavy atom. The molecule has 1 aliphatic heterocycles. The highest BCUT2D eigenvalue weighted by Crippen LogP contribution is 2.36. The van der Waals surface area contributed by atoms with Crippen LogP contribution < -0.4 is 4.90 Å². The molecule has 0 unspecified atom stereocenters. The van der Waals surface area contributed by atoms with E-state index in [1.165, 1.54) is 28.1 Å². The van der Waals surface area contributed by atoms with E-state index in [1.807, 2.05) is 0 Å². The van der Waals surface area contributed by atoms with Gasteiger partial charge in [-0.2, -0.15) is 0 Å². The summed E-state index contributed by atoms with van der Waals surface area (Å²) >= 11 is 5.88. The van der Waals surface area contributed by atoms with Crippen LogP contribution in [0.15, 0.2) is 42.5 Å². The van der Waals surface area contributed by atoms with Crippen LogP contribution in [-0.4, -0.2) is 6.54 Å². The molecule has 3 rings (SSSR count). The summed E-state index contributed by atoms with van der Waals surface area (Å²) in [5, 5.41) is 0. The minimum Gasteiger partial charge on any atom is -0.341 e. The van der Waals surface area contributed by atoms with E-state index in [-0.39, 0.29) is 0 Å². The number of aryl methyl sites for hydroxylation is 1. The van der Waals surface area contributed by atoms with Gasteiger partial charge in [-0.3, -0.25) is 0 Å². The van der Waals surface area contributed by atoms with Gasteiger partial charge in [0, 0.05) is 23.8 Å². The molecule has 1 heterocycles. The zero-order valence-electron chi connectivity index (χ0n) is 10.5. The number of anilines is 2. The molecule has 0 fully saturated rings. The molecule has 1 aliphatic rings. The van der Waals surface area contributed by atoms with E-state index in [1.54, 1.807) is 0 Å². The second-order valence-corrected chi connectivity index (χ2v) is 5.05. The molecule has 0 spiro atoms. The van der Waals surface area contributed by atoms with Crippen LogP contribution in [0.25, 0.3) is 0 Å². The lowest BCUT2D eigenvalue weighted by molar-refractivity contribution is 0.992. The minimum absolute atomic E-state index is 0.581. The van der Waals surface area contributed by atoms with Gasteiger partial charge in [0.1, 0.15) is 0 Å². The Kier molecular flexibility index (Phi) is 3.00. The fourth-order valence-electron chi connectivity index (χ4n) is 2.69. The Balaban J connectivity index is 2.02. The molecule has 0 radical (unpaired) electrons. The van der Waals surface area contributed by atoms with Crippen LogP contribution in [0.4, 0.5) is 11.4 Å². The Hall–Kier alpha value is -1.47.